The number of hydrogen-bond donors (Lipinski definition) is 2. The average molecular weight is 547 g/mol. The molecule has 0 spiro atoms. The number of furan rings is 1. The lowest BCUT2D eigenvalue weighted by atomic mass is 10.0. The third kappa shape index (κ3) is 4.97. The predicted molar refractivity (Wildman–Crippen MR) is 154 cm³/mol. The fourth-order valence-corrected chi connectivity index (χ4v) is 5.03. The number of nitrogens with one attached hydrogen (secondary N) is 2. The first-order valence-electron chi connectivity index (χ1n) is 12.2. The van der Waals surface area contributed by atoms with Crippen LogP contribution >= 0.6 is 23.8 Å². The van der Waals surface area contributed by atoms with Crippen LogP contribution in [0.4, 0.5) is 11.4 Å². The van der Waals surface area contributed by atoms with E-state index < -0.39 is 0 Å². The van der Waals surface area contributed by atoms with Crippen LogP contribution in [0.15, 0.2) is 77.3 Å². The molecule has 5 rings (SSSR count). The average Bonchev–Trinajstić information content (AvgIpc) is 3.55. The highest BCUT2D eigenvalue weighted by atomic mass is 35.5. The molecule has 1 aliphatic heterocycles. The molecule has 4 aromatic rings. The van der Waals surface area contributed by atoms with Crippen LogP contribution < -0.4 is 20.3 Å². The first-order valence-corrected chi connectivity index (χ1v) is 13.0. The Morgan fingerprint density at radius 2 is 2.03 bits per heavy atom. The van der Waals surface area contributed by atoms with Crippen molar-refractivity contribution in [2.45, 2.75) is 32.4 Å². The number of methoxy groups -OCH3 is 1. The Kier molecular flexibility index (Phi) is 7.35. The van der Waals surface area contributed by atoms with Gasteiger partial charge in [-0.3, -0.25) is 9.78 Å². The normalized spacial score (nSPS) is 16.8. The first-order chi connectivity index (χ1) is 18.4. The van der Waals surface area contributed by atoms with Gasteiger partial charge in [0.05, 0.1) is 24.5 Å². The molecular formula is C29H27ClN4O3S. The van der Waals surface area contributed by atoms with E-state index >= 15 is 0 Å². The van der Waals surface area contributed by atoms with Crippen molar-refractivity contribution >= 4 is 46.2 Å². The van der Waals surface area contributed by atoms with E-state index in [-0.39, 0.29) is 18.0 Å². The Morgan fingerprint density at radius 1 is 1.18 bits per heavy atom. The van der Waals surface area contributed by atoms with Crippen molar-refractivity contribution in [2.75, 3.05) is 17.3 Å². The molecule has 3 heterocycles. The summed E-state index contributed by atoms with van der Waals surface area (Å²) in [7, 11) is 1.57. The number of rotatable bonds is 7. The van der Waals surface area contributed by atoms with Gasteiger partial charge in [-0.25, -0.2) is 0 Å². The number of pyridine rings is 1. The second kappa shape index (κ2) is 10.8. The van der Waals surface area contributed by atoms with Gasteiger partial charge in [0.1, 0.15) is 23.3 Å². The van der Waals surface area contributed by atoms with Crippen LogP contribution in [0, 0.1) is 6.92 Å². The van der Waals surface area contributed by atoms with Crippen molar-refractivity contribution < 1.29 is 13.9 Å². The molecule has 2 aromatic carbocycles. The topological polar surface area (TPSA) is 79.6 Å². The number of hydrogen-bond acceptors (Lipinski definition) is 5. The number of carbonyl (C=O) groups excluding carboxylic acids is 1. The molecule has 9 heteroatoms. The van der Waals surface area contributed by atoms with Crippen molar-refractivity contribution in [1.29, 1.82) is 0 Å². The van der Waals surface area contributed by atoms with Gasteiger partial charge in [0.2, 0.25) is 5.91 Å². The van der Waals surface area contributed by atoms with Gasteiger partial charge < -0.3 is 24.7 Å². The SMILES string of the molecule is CCC(=O)Nc1ccc(N2C(=S)N[C@@H](c3ccccn3)[C@@H]2c2ccc(-c3ccc(C)c(Cl)c3)o2)cc1OC. The van der Waals surface area contributed by atoms with Crippen molar-refractivity contribution in [3.8, 4) is 17.1 Å². The van der Waals surface area contributed by atoms with E-state index in [1.165, 1.54) is 0 Å². The lowest BCUT2D eigenvalue weighted by molar-refractivity contribution is -0.115. The molecule has 2 atom stereocenters. The molecule has 1 fully saturated rings. The molecule has 2 N–H and O–H groups in total. The number of thiocarbonyl (C=S) groups is 1. The van der Waals surface area contributed by atoms with E-state index in [1.807, 2.05) is 78.6 Å². The largest absolute Gasteiger partial charge is 0.494 e. The second-order valence-corrected chi connectivity index (χ2v) is 9.74. The van der Waals surface area contributed by atoms with E-state index in [9.17, 15) is 4.79 Å². The van der Waals surface area contributed by atoms with E-state index in [1.54, 1.807) is 20.2 Å². The van der Waals surface area contributed by atoms with Crippen LogP contribution in [0.3, 0.4) is 0 Å². The minimum Gasteiger partial charge on any atom is -0.494 e. The third-order valence-corrected chi connectivity index (χ3v) is 7.25. The van der Waals surface area contributed by atoms with E-state index in [4.69, 9.17) is 33.0 Å². The minimum atomic E-state index is -0.340. The molecule has 1 aliphatic rings. The van der Waals surface area contributed by atoms with E-state index in [0.717, 1.165) is 22.5 Å². The Hall–Kier alpha value is -3.88. The van der Waals surface area contributed by atoms with Crippen molar-refractivity contribution in [2.24, 2.45) is 0 Å². The molecule has 1 saturated heterocycles. The molecule has 38 heavy (non-hydrogen) atoms. The van der Waals surface area contributed by atoms with Gasteiger partial charge in [-0.05, 0) is 67.2 Å². The van der Waals surface area contributed by atoms with Crippen LogP contribution in [-0.4, -0.2) is 23.1 Å². The van der Waals surface area contributed by atoms with Gasteiger partial charge in [-0.15, -0.1) is 0 Å². The lowest BCUT2D eigenvalue weighted by Gasteiger charge is -2.27. The standard InChI is InChI=1S/C29H27ClN4O3S/c1-4-26(35)32-21-11-10-19(16-25(21)36-3)34-28(27(33-29(34)38)22-7-5-6-14-31-22)24-13-12-23(37-24)18-9-8-17(2)20(30)15-18/h5-16,27-28H,4H2,1-3H3,(H,32,35)(H,33,38)/t27-,28-/m0/s1. The summed E-state index contributed by atoms with van der Waals surface area (Å²) >= 11 is 12.2. The summed E-state index contributed by atoms with van der Waals surface area (Å²) in [6.45, 7) is 3.77. The summed E-state index contributed by atoms with van der Waals surface area (Å²) in [6, 6.07) is 20.5. The van der Waals surface area contributed by atoms with Gasteiger partial charge in [0.15, 0.2) is 5.11 Å². The van der Waals surface area contributed by atoms with Gasteiger partial charge in [0, 0.05) is 35.0 Å². The van der Waals surface area contributed by atoms with Gasteiger partial charge in [-0.1, -0.05) is 36.7 Å². The van der Waals surface area contributed by atoms with Crippen molar-refractivity contribution in [1.82, 2.24) is 10.3 Å². The maximum absolute atomic E-state index is 12.0. The highest BCUT2D eigenvalue weighted by molar-refractivity contribution is 7.80. The Morgan fingerprint density at radius 3 is 2.74 bits per heavy atom. The molecule has 0 unspecified atom stereocenters. The quantitative estimate of drug-likeness (QED) is 0.246. The summed E-state index contributed by atoms with van der Waals surface area (Å²) in [6.07, 6.45) is 2.13. The number of carbonyl (C=O) groups is 1. The summed E-state index contributed by atoms with van der Waals surface area (Å²) in [5.74, 6) is 1.85. The van der Waals surface area contributed by atoms with Crippen LogP contribution in [0.5, 0.6) is 5.75 Å². The maximum atomic E-state index is 12.0. The highest BCUT2D eigenvalue weighted by Gasteiger charge is 2.42. The number of aromatic nitrogens is 1. The minimum absolute atomic E-state index is 0.0955. The molecule has 0 bridgehead atoms. The van der Waals surface area contributed by atoms with Gasteiger partial charge in [0.25, 0.3) is 0 Å². The number of halogens is 1. The summed E-state index contributed by atoms with van der Waals surface area (Å²) < 4.78 is 12.0. The van der Waals surface area contributed by atoms with E-state index in [0.29, 0.717) is 39.5 Å². The molecule has 0 aliphatic carbocycles. The zero-order chi connectivity index (χ0) is 26.8. The first kappa shape index (κ1) is 25.8. The second-order valence-electron chi connectivity index (χ2n) is 8.95. The summed E-state index contributed by atoms with van der Waals surface area (Å²) in [5, 5.41) is 7.51. The van der Waals surface area contributed by atoms with E-state index in [2.05, 4.69) is 15.6 Å². The highest BCUT2D eigenvalue weighted by Crippen LogP contribution is 2.44. The molecular weight excluding hydrogens is 520 g/mol. The Balaban J connectivity index is 1.58. The number of benzene rings is 2. The molecule has 1 amide bonds. The lowest BCUT2D eigenvalue weighted by Crippen LogP contribution is -2.29. The van der Waals surface area contributed by atoms with Crippen molar-refractivity contribution in [3.05, 3.63) is 95.0 Å². The maximum Gasteiger partial charge on any atom is 0.224 e. The smallest absolute Gasteiger partial charge is 0.224 e. The number of ether oxygens (including phenoxy) is 1. The number of anilines is 2. The Bertz CT molecular complexity index is 1490. The molecule has 0 saturated carbocycles. The molecule has 194 valence electrons. The number of nitrogens with zero attached hydrogens (tertiary/aromatic N) is 2. The van der Waals surface area contributed by atoms with Crippen LogP contribution in [0.25, 0.3) is 11.3 Å². The predicted octanol–water partition coefficient (Wildman–Crippen LogP) is 6.84. The number of amides is 1. The third-order valence-electron chi connectivity index (χ3n) is 6.53. The van der Waals surface area contributed by atoms with Crippen molar-refractivity contribution in [3.63, 3.8) is 0 Å². The van der Waals surface area contributed by atoms with Crippen LogP contribution in [0.2, 0.25) is 5.02 Å². The van der Waals surface area contributed by atoms with Gasteiger partial charge in [-0.2, -0.15) is 0 Å². The molecule has 0 radical (unpaired) electrons. The molecule has 2 aromatic heterocycles. The fraction of sp³-hybridized carbons (Fsp3) is 0.207. The zero-order valence-electron chi connectivity index (χ0n) is 21.2. The molecule has 7 nitrogen and oxygen atoms in total. The Labute approximate surface area is 231 Å². The van der Waals surface area contributed by atoms with Crippen LogP contribution in [-0.2, 0) is 4.79 Å². The number of aryl methyl sites for hydroxylation is 1. The fourth-order valence-electron chi connectivity index (χ4n) is 4.51. The van der Waals surface area contributed by atoms with Gasteiger partial charge >= 0.3 is 0 Å². The van der Waals surface area contributed by atoms with Crippen LogP contribution in [0.1, 0.15) is 42.4 Å². The zero-order valence-corrected chi connectivity index (χ0v) is 22.8. The summed E-state index contributed by atoms with van der Waals surface area (Å²) in [5.41, 5.74) is 4.10. The monoisotopic (exact) mass is 546 g/mol. The summed E-state index contributed by atoms with van der Waals surface area (Å²) in [4.78, 5) is 18.6.